The van der Waals surface area contributed by atoms with Crippen molar-refractivity contribution < 1.29 is 0 Å². The Balaban J connectivity index is 1.22. The molecule has 0 unspecified atom stereocenters. The van der Waals surface area contributed by atoms with Gasteiger partial charge >= 0.3 is 0 Å². The van der Waals surface area contributed by atoms with Crippen LogP contribution >= 0.6 is 0 Å². The van der Waals surface area contributed by atoms with Crippen LogP contribution in [-0.2, 0) is 5.41 Å². The van der Waals surface area contributed by atoms with Crippen LogP contribution < -0.4 is 9.80 Å². The summed E-state index contributed by atoms with van der Waals surface area (Å²) in [5, 5.41) is 2.60. The zero-order valence-corrected chi connectivity index (χ0v) is 32.2. The van der Waals surface area contributed by atoms with Gasteiger partial charge in [-0.05, 0) is 136 Å². The van der Waals surface area contributed by atoms with Crippen molar-refractivity contribution in [2.75, 3.05) is 9.80 Å². The number of hydrogen-bond donors (Lipinski definition) is 0. The Bertz CT molecular complexity index is 2620. The molecule has 9 aromatic rings. The maximum absolute atomic E-state index is 2.47. The molecule has 0 saturated carbocycles. The highest BCUT2D eigenvalue weighted by molar-refractivity contribution is 6.05. The maximum Gasteiger partial charge on any atom is 0.0714 e. The Labute approximate surface area is 335 Å². The molecule has 272 valence electrons. The van der Waals surface area contributed by atoms with Crippen LogP contribution in [0.2, 0.25) is 0 Å². The fourth-order valence-electron chi connectivity index (χ4n) is 9.19. The zero-order valence-electron chi connectivity index (χ0n) is 32.2. The molecule has 0 radical (unpaired) electrons. The predicted octanol–water partition coefficient (Wildman–Crippen LogP) is 14.8. The summed E-state index contributed by atoms with van der Waals surface area (Å²) in [6, 6.07) is 79.7. The lowest BCUT2D eigenvalue weighted by Gasteiger charge is -2.35. The molecule has 2 heteroatoms. The third-order valence-corrected chi connectivity index (χ3v) is 11.7. The van der Waals surface area contributed by atoms with E-state index in [1.54, 1.807) is 0 Å². The van der Waals surface area contributed by atoms with E-state index in [9.17, 15) is 0 Å². The number of rotatable bonds is 8. The molecule has 2 nitrogen and oxygen atoms in total. The maximum atomic E-state index is 2.47. The van der Waals surface area contributed by atoms with E-state index in [1.807, 2.05) is 0 Å². The number of nitrogens with zero attached hydrogens (tertiary/aromatic N) is 2. The second kappa shape index (κ2) is 14.2. The van der Waals surface area contributed by atoms with Crippen molar-refractivity contribution in [3.8, 4) is 11.1 Å². The normalized spacial score (nSPS) is 12.5. The average Bonchev–Trinajstić information content (AvgIpc) is 3.55. The molecule has 0 atom stereocenters. The van der Waals surface area contributed by atoms with Crippen LogP contribution in [0.15, 0.2) is 218 Å². The van der Waals surface area contributed by atoms with Gasteiger partial charge < -0.3 is 9.80 Å². The van der Waals surface area contributed by atoms with Gasteiger partial charge in [0.05, 0.1) is 5.41 Å². The van der Waals surface area contributed by atoms with Crippen molar-refractivity contribution in [2.45, 2.75) is 19.3 Å². The smallest absolute Gasteiger partial charge is 0.0714 e. The highest BCUT2D eigenvalue weighted by Gasteiger charge is 2.47. The number of para-hydroxylation sites is 4. The van der Waals surface area contributed by atoms with Crippen molar-refractivity contribution in [1.29, 1.82) is 0 Å². The van der Waals surface area contributed by atoms with Gasteiger partial charge in [-0.25, -0.2) is 0 Å². The molecule has 0 N–H and O–H groups in total. The van der Waals surface area contributed by atoms with Gasteiger partial charge in [-0.3, -0.25) is 0 Å². The minimum absolute atomic E-state index is 0.572. The topological polar surface area (TPSA) is 6.48 Å². The van der Waals surface area contributed by atoms with E-state index in [0.29, 0.717) is 0 Å². The molecular weight excluding hydrogens is 689 g/mol. The second-order valence-electron chi connectivity index (χ2n) is 15.1. The average molecular weight is 731 g/mol. The number of hydrogen-bond acceptors (Lipinski definition) is 2. The summed E-state index contributed by atoms with van der Waals surface area (Å²) >= 11 is 0. The monoisotopic (exact) mass is 730 g/mol. The summed E-state index contributed by atoms with van der Waals surface area (Å²) in [6.07, 6.45) is 0. The van der Waals surface area contributed by atoms with Gasteiger partial charge in [0.1, 0.15) is 0 Å². The summed E-state index contributed by atoms with van der Waals surface area (Å²) in [4.78, 5) is 4.68. The lowest BCUT2D eigenvalue weighted by Crippen LogP contribution is -2.29. The van der Waals surface area contributed by atoms with Crippen molar-refractivity contribution in [2.24, 2.45) is 0 Å². The molecule has 0 heterocycles. The molecule has 0 aliphatic heterocycles. The highest BCUT2D eigenvalue weighted by atomic mass is 15.1. The van der Waals surface area contributed by atoms with Gasteiger partial charge in [-0.2, -0.15) is 0 Å². The molecule has 0 amide bonds. The minimum atomic E-state index is -0.572. The molecule has 0 spiro atoms. The number of fused-ring (bicyclic) bond motifs is 5. The summed E-state index contributed by atoms with van der Waals surface area (Å²) in [6.45, 7) is 4.49. The van der Waals surface area contributed by atoms with E-state index in [-0.39, 0.29) is 0 Å². The highest BCUT2D eigenvalue weighted by Crippen LogP contribution is 2.59. The van der Waals surface area contributed by atoms with Crippen LogP contribution in [0.5, 0.6) is 0 Å². The Morgan fingerprint density at radius 1 is 0.333 bits per heavy atom. The third-order valence-electron chi connectivity index (χ3n) is 11.7. The van der Waals surface area contributed by atoms with Crippen molar-refractivity contribution in [3.05, 3.63) is 252 Å². The summed E-state index contributed by atoms with van der Waals surface area (Å²) < 4.78 is 0. The van der Waals surface area contributed by atoms with Crippen molar-refractivity contribution in [3.63, 3.8) is 0 Å². The predicted molar refractivity (Wildman–Crippen MR) is 240 cm³/mol. The molecule has 0 fully saturated rings. The van der Waals surface area contributed by atoms with Crippen LogP contribution in [0.3, 0.4) is 0 Å². The van der Waals surface area contributed by atoms with Crippen LogP contribution in [0.1, 0.15) is 33.4 Å². The van der Waals surface area contributed by atoms with Crippen LogP contribution in [0.25, 0.3) is 21.9 Å². The Hall–Kier alpha value is -7.16. The molecular formula is C55H42N2. The lowest BCUT2D eigenvalue weighted by molar-refractivity contribution is 0.767. The van der Waals surface area contributed by atoms with E-state index in [2.05, 4.69) is 242 Å². The summed E-state index contributed by atoms with van der Waals surface area (Å²) in [7, 11) is 0. The molecule has 0 bridgehead atoms. The Morgan fingerprint density at radius 3 is 1.16 bits per heavy atom. The Kier molecular flexibility index (Phi) is 8.53. The number of anilines is 6. The van der Waals surface area contributed by atoms with Gasteiger partial charge in [0.25, 0.3) is 0 Å². The van der Waals surface area contributed by atoms with Gasteiger partial charge in [-0.15, -0.1) is 0 Å². The summed E-state index contributed by atoms with van der Waals surface area (Å²) in [5.74, 6) is 0. The molecule has 10 rings (SSSR count). The van der Waals surface area contributed by atoms with Gasteiger partial charge in [-0.1, -0.05) is 151 Å². The standard InChI is InChI=1S/C55H42N2/c1-39-27-36-51-52(37-39)55(53-38-40(2)49-25-15-16-26-50(49)54(51)53,41-28-32-47(33-29-41)56(43-17-7-3-8-18-43)44-19-9-4-10-20-44)42-30-34-48(35-31-42)57(45-21-11-5-12-22-45)46-23-13-6-14-24-46/h3-38H,1-2H3. The summed E-state index contributed by atoms with van der Waals surface area (Å²) in [5.41, 5.74) is 16.4. The molecule has 1 aliphatic rings. The van der Waals surface area contributed by atoms with Crippen molar-refractivity contribution in [1.82, 2.24) is 0 Å². The molecule has 9 aromatic carbocycles. The molecule has 0 saturated heterocycles. The largest absolute Gasteiger partial charge is 0.311 e. The van der Waals surface area contributed by atoms with Gasteiger partial charge in [0, 0.05) is 34.1 Å². The first kappa shape index (κ1) is 34.3. The van der Waals surface area contributed by atoms with Gasteiger partial charge in [0.15, 0.2) is 0 Å². The van der Waals surface area contributed by atoms with E-state index in [4.69, 9.17) is 0 Å². The van der Waals surface area contributed by atoms with Crippen LogP contribution in [0, 0.1) is 13.8 Å². The van der Waals surface area contributed by atoms with E-state index in [0.717, 1.165) is 34.1 Å². The second-order valence-corrected chi connectivity index (χ2v) is 15.1. The minimum Gasteiger partial charge on any atom is -0.311 e. The molecule has 1 aliphatic carbocycles. The van der Waals surface area contributed by atoms with Crippen LogP contribution in [0.4, 0.5) is 34.1 Å². The van der Waals surface area contributed by atoms with Crippen molar-refractivity contribution >= 4 is 44.9 Å². The first-order valence-electron chi connectivity index (χ1n) is 19.8. The number of aryl methyl sites for hydroxylation is 2. The molecule has 0 aromatic heterocycles. The zero-order chi connectivity index (χ0) is 38.3. The lowest BCUT2D eigenvalue weighted by atomic mass is 9.67. The van der Waals surface area contributed by atoms with E-state index >= 15 is 0 Å². The number of benzene rings is 9. The fraction of sp³-hybridized carbons (Fsp3) is 0.0545. The SMILES string of the molecule is Cc1ccc2c(c1)C(c1ccc(N(c3ccccc3)c3ccccc3)cc1)(c1ccc(N(c3ccccc3)c3ccccc3)cc1)c1cc(C)c3ccccc3c1-2. The first-order valence-corrected chi connectivity index (χ1v) is 19.8. The Morgan fingerprint density at radius 2 is 0.719 bits per heavy atom. The molecule has 57 heavy (non-hydrogen) atoms. The fourth-order valence-corrected chi connectivity index (χ4v) is 9.19. The van der Waals surface area contributed by atoms with Crippen LogP contribution in [-0.4, -0.2) is 0 Å². The van der Waals surface area contributed by atoms with E-state index in [1.165, 1.54) is 55.3 Å². The first-order chi connectivity index (χ1) is 28.1. The van der Waals surface area contributed by atoms with E-state index < -0.39 is 5.41 Å². The third kappa shape index (κ3) is 5.72. The quantitative estimate of drug-likeness (QED) is 0.154. The van der Waals surface area contributed by atoms with Gasteiger partial charge in [0.2, 0.25) is 0 Å².